The minimum absolute atomic E-state index is 0.346. The van der Waals surface area contributed by atoms with E-state index in [0.717, 1.165) is 11.3 Å². The van der Waals surface area contributed by atoms with E-state index < -0.39 is 0 Å². The lowest BCUT2D eigenvalue weighted by atomic mass is 10.2. The van der Waals surface area contributed by atoms with Crippen LogP contribution < -0.4 is 10.5 Å². The Hall–Kier alpha value is -2.27. The molecule has 1 aromatic carbocycles. The van der Waals surface area contributed by atoms with Crippen LogP contribution in [0.1, 0.15) is 5.56 Å². The largest absolute Gasteiger partial charge is 0.495 e. The molecule has 0 radical (unpaired) electrons. The molecule has 2 N–H and O–H groups in total. The van der Waals surface area contributed by atoms with Gasteiger partial charge in [-0.05, 0) is 30.7 Å². The molecule has 0 aliphatic rings. The fourth-order valence-corrected chi connectivity index (χ4v) is 2.32. The predicted octanol–water partition coefficient (Wildman–Crippen LogP) is 2.97. The van der Waals surface area contributed by atoms with Crippen molar-refractivity contribution in [3.63, 3.8) is 0 Å². The van der Waals surface area contributed by atoms with Crippen molar-refractivity contribution < 1.29 is 4.74 Å². The smallest absolute Gasteiger partial charge is 0.207 e. The summed E-state index contributed by atoms with van der Waals surface area (Å²) < 4.78 is 7.16. The Morgan fingerprint density at radius 1 is 1.30 bits per heavy atom. The first-order valence-electron chi connectivity index (χ1n) is 6.04. The Kier molecular flexibility index (Phi) is 2.99. The number of halogens is 1. The van der Waals surface area contributed by atoms with Gasteiger partial charge in [-0.1, -0.05) is 17.7 Å². The number of aryl methyl sites for hydroxylation is 1. The molecule has 0 fully saturated rings. The van der Waals surface area contributed by atoms with Crippen LogP contribution in [-0.4, -0.2) is 21.6 Å². The molecule has 0 amide bonds. The van der Waals surface area contributed by atoms with E-state index in [4.69, 9.17) is 22.1 Å². The number of hydrogen-bond donors (Lipinski definition) is 1. The zero-order chi connectivity index (χ0) is 14.3. The molecule has 0 atom stereocenters. The first kappa shape index (κ1) is 12.7. The highest BCUT2D eigenvalue weighted by molar-refractivity contribution is 6.31. The number of hydrogen-bond acceptors (Lipinski definition) is 4. The average molecular weight is 289 g/mol. The summed E-state index contributed by atoms with van der Waals surface area (Å²) >= 11 is 5.93. The molecular formula is C14H13ClN4O. The summed E-state index contributed by atoms with van der Waals surface area (Å²) in [6, 6.07) is 7.58. The van der Waals surface area contributed by atoms with Crippen molar-refractivity contribution in [2.75, 3.05) is 12.8 Å². The normalized spacial score (nSPS) is 10.9. The second-order valence-electron chi connectivity index (χ2n) is 4.48. The zero-order valence-electron chi connectivity index (χ0n) is 11.1. The van der Waals surface area contributed by atoms with Crippen molar-refractivity contribution in [3.05, 3.63) is 41.0 Å². The number of nitrogens with two attached hydrogens (primary N) is 1. The topological polar surface area (TPSA) is 66.0 Å². The van der Waals surface area contributed by atoms with Gasteiger partial charge in [0.15, 0.2) is 5.65 Å². The second kappa shape index (κ2) is 4.68. The maximum absolute atomic E-state index is 6.02. The number of ether oxygens (including phenoxy) is 1. The number of pyridine rings is 1. The predicted molar refractivity (Wildman–Crippen MR) is 79.6 cm³/mol. The molecule has 0 aliphatic heterocycles. The zero-order valence-corrected chi connectivity index (χ0v) is 11.8. The number of methoxy groups -OCH3 is 1. The van der Waals surface area contributed by atoms with Crippen LogP contribution in [0.3, 0.4) is 0 Å². The summed E-state index contributed by atoms with van der Waals surface area (Å²) in [5.74, 6) is 1.05. The highest BCUT2D eigenvalue weighted by atomic mass is 35.5. The van der Waals surface area contributed by atoms with Crippen LogP contribution in [0.25, 0.3) is 16.9 Å². The molecule has 5 nitrogen and oxygen atoms in total. The molecule has 20 heavy (non-hydrogen) atoms. The molecule has 0 bridgehead atoms. The highest BCUT2D eigenvalue weighted by Crippen LogP contribution is 2.30. The minimum Gasteiger partial charge on any atom is -0.495 e. The summed E-state index contributed by atoms with van der Waals surface area (Å²) in [4.78, 5) is 8.61. The van der Waals surface area contributed by atoms with E-state index >= 15 is 0 Å². The number of benzene rings is 1. The summed E-state index contributed by atoms with van der Waals surface area (Å²) in [6.07, 6.45) is 1.57. The van der Waals surface area contributed by atoms with Crippen molar-refractivity contribution in [1.29, 1.82) is 0 Å². The van der Waals surface area contributed by atoms with Crippen LogP contribution in [-0.2, 0) is 0 Å². The number of nitrogens with zero attached hydrogens (tertiary/aromatic N) is 3. The van der Waals surface area contributed by atoms with E-state index in [1.165, 1.54) is 0 Å². The van der Waals surface area contributed by atoms with Crippen LogP contribution in [0, 0.1) is 6.92 Å². The number of nitrogen functional groups attached to an aromatic ring is 1. The number of aromatic nitrogens is 3. The summed E-state index contributed by atoms with van der Waals surface area (Å²) in [7, 11) is 1.62. The van der Waals surface area contributed by atoms with Gasteiger partial charge < -0.3 is 10.5 Å². The first-order chi connectivity index (χ1) is 9.60. The number of anilines is 1. The van der Waals surface area contributed by atoms with Gasteiger partial charge in [-0.25, -0.2) is 9.97 Å². The monoisotopic (exact) mass is 288 g/mol. The molecule has 0 saturated heterocycles. The van der Waals surface area contributed by atoms with E-state index in [2.05, 4.69) is 9.97 Å². The molecule has 0 unspecified atom stereocenters. The third-order valence-electron chi connectivity index (χ3n) is 3.07. The fourth-order valence-electron chi connectivity index (χ4n) is 2.17. The lowest BCUT2D eigenvalue weighted by molar-refractivity contribution is 0.413. The van der Waals surface area contributed by atoms with E-state index in [1.54, 1.807) is 23.9 Å². The van der Waals surface area contributed by atoms with Crippen molar-refractivity contribution in [2.45, 2.75) is 6.92 Å². The van der Waals surface area contributed by atoms with Gasteiger partial charge in [-0.2, -0.15) is 0 Å². The van der Waals surface area contributed by atoms with Gasteiger partial charge in [0.1, 0.15) is 11.3 Å². The lowest BCUT2D eigenvalue weighted by Gasteiger charge is -2.12. The van der Waals surface area contributed by atoms with Gasteiger partial charge in [-0.15, -0.1) is 0 Å². The van der Waals surface area contributed by atoms with Crippen LogP contribution in [0.4, 0.5) is 5.95 Å². The standard InChI is InChI=1S/C14H13ClN4O/c1-8-3-4-12(20-2)11(5-8)19-13-10(18-14(19)16)6-9(15)7-17-13/h3-7H,1-2H3,(H2,16,18). The maximum Gasteiger partial charge on any atom is 0.207 e. The third kappa shape index (κ3) is 1.96. The molecular weight excluding hydrogens is 276 g/mol. The van der Waals surface area contributed by atoms with Gasteiger partial charge in [0.2, 0.25) is 5.95 Å². The number of rotatable bonds is 2. The van der Waals surface area contributed by atoms with Crippen molar-refractivity contribution >= 4 is 28.7 Å². The molecule has 3 rings (SSSR count). The van der Waals surface area contributed by atoms with Gasteiger partial charge in [0, 0.05) is 6.20 Å². The Labute approximate surface area is 121 Å². The SMILES string of the molecule is COc1ccc(C)cc1-n1c(N)nc2cc(Cl)cnc21. The van der Waals surface area contributed by atoms with Crippen LogP contribution in [0.15, 0.2) is 30.5 Å². The van der Waals surface area contributed by atoms with Crippen LogP contribution in [0.5, 0.6) is 5.75 Å². The fraction of sp³-hybridized carbons (Fsp3) is 0.143. The Balaban J connectivity index is 2.34. The molecule has 2 aromatic heterocycles. The van der Waals surface area contributed by atoms with Crippen molar-refractivity contribution in [2.24, 2.45) is 0 Å². The highest BCUT2D eigenvalue weighted by Gasteiger charge is 2.15. The van der Waals surface area contributed by atoms with E-state index in [0.29, 0.717) is 27.9 Å². The van der Waals surface area contributed by atoms with Crippen molar-refractivity contribution in [3.8, 4) is 11.4 Å². The van der Waals surface area contributed by atoms with Gasteiger partial charge in [0.05, 0.1) is 17.8 Å². The van der Waals surface area contributed by atoms with Crippen LogP contribution in [0.2, 0.25) is 5.02 Å². The molecule has 0 aliphatic carbocycles. The Morgan fingerprint density at radius 3 is 2.85 bits per heavy atom. The summed E-state index contributed by atoms with van der Waals surface area (Å²) in [5, 5.41) is 0.526. The maximum atomic E-state index is 6.02. The quantitative estimate of drug-likeness (QED) is 0.787. The lowest BCUT2D eigenvalue weighted by Crippen LogP contribution is -2.04. The molecule has 2 heterocycles. The van der Waals surface area contributed by atoms with Crippen LogP contribution >= 0.6 is 11.6 Å². The number of imidazole rings is 1. The molecule has 3 aromatic rings. The van der Waals surface area contributed by atoms with Gasteiger partial charge in [-0.3, -0.25) is 4.57 Å². The molecule has 0 spiro atoms. The van der Waals surface area contributed by atoms with E-state index in [1.807, 2.05) is 25.1 Å². The molecule has 0 saturated carbocycles. The Morgan fingerprint density at radius 2 is 2.10 bits per heavy atom. The van der Waals surface area contributed by atoms with Crippen molar-refractivity contribution in [1.82, 2.24) is 14.5 Å². The minimum atomic E-state index is 0.346. The van der Waals surface area contributed by atoms with Gasteiger partial charge in [0.25, 0.3) is 0 Å². The summed E-state index contributed by atoms with van der Waals surface area (Å²) in [5.41, 5.74) is 9.22. The van der Waals surface area contributed by atoms with Gasteiger partial charge >= 0.3 is 0 Å². The number of fused-ring (bicyclic) bond motifs is 1. The van der Waals surface area contributed by atoms with E-state index in [9.17, 15) is 0 Å². The Bertz CT molecular complexity index is 797. The van der Waals surface area contributed by atoms with E-state index in [-0.39, 0.29) is 0 Å². The molecule has 102 valence electrons. The second-order valence-corrected chi connectivity index (χ2v) is 4.91. The average Bonchev–Trinajstić information content (AvgIpc) is 2.73. The third-order valence-corrected chi connectivity index (χ3v) is 3.27. The molecule has 6 heteroatoms. The first-order valence-corrected chi connectivity index (χ1v) is 6.42. The summed E-state index contributed by atoms with van der Waals surface area (Å²) in [6.45, 7) is 2.00.